The molecule has 1 aliphatic rings. The highest BCUT2D eigenvalue weighted by molar-refractivity contribution is 7.11. The Morgan fingerprint density at radius 3 is 2.65 bits per heavy atom. The van der Waals surface area contributed by atoms with Crippen molar-refractivity contribution in [1.82, 2.24) is 15.6 Å². The number of rotatable bonds is 5. The lowest BCUT2D eigenvalue weighted by molar-refractivity contribution is -0.0279. The van der Waals surface area contributed by atoms with Gasteiger partial charge in [0.1, 0.15) is 0 Å². The zero-order valence-electron chi connectivity index (χ0n) is 12.5. The Morgan fingerprint density at radius 1 is 1.40 bits per heavy atom. The SMILES string of the molecule is CN=C(NCCc1nc(C)c(C)s1)NCC1(O)CCC1. The van der Waals surface area contributed by atoms with Gasteiger partial charge in [0.05, 0.1) is 16.3 Å². The molecule has 1 saturated carbocycles. The first-order chi connectivity index (χ1) is 9.52. The Morgan fingerprint density at radius 2 is 2.15 bits per heavy atom. The number of hydrogen-bond donors (Lipinski definition) is 3. The van der Waals surface area contributed by atoms with E-state index in [0.717, 1.165) is 48.9 Å². The van der Waals surface area contributed by atoms with Gasteiger partial charge in [0.15, 0.2) is 5.96 Å². The van der Waals surface area contributed by atoms with Crippen LogP contribution in [0.25, 0.3) is 0 Å². The molecule has 0 aliphatic heterocycles. The number of nitrogens with zero attached hydrogens (tertiary/aromatic N) is 2. The van der Waals surface area contributed by atoms with Crippen molar-refractivity contribution in [3.63, 3.8) is 0 Å². The summed E-state index contributed by atoms with van der Waals surface area (Å²) >= 11 is 1.75. The van der Waals surface area contributed by atoms with Gasteiger partial charge in [-0.3, -0.25) is 4.99 Å². The molecule has 3 N–H and O–H groups in total. The van der Waals surface area contributed by atoms with Crippen LogP contribution in [-0.4, -0.2) is 41.8 Å². The zero-order chi connectivity index (χ0) is 14.6. The fourth-order valence-electron chi connectivity index (χ4n) is 2.16. The van der Waals surface area contributed by atoms with Crippen molar-refractivity contribution in [3.8, 4) is 0 Å². The van der Waals surface area contributed by atoms with Crippen LogP contribution in [0.4, 0.5) is 0 Å². The van der Waals surface area contributed by atoms with Gasteiger partial charge in [0.25, 0.3) is 0 Å². The summed E-state index contributed by atoms with van der Waals surface area (Å²) in [5.74, 6) is 0.746. The number of aryl methyl sites for hydroxylation is 2. The lowest BCUT2D eigenvalue weighted by atomic mass is 9.80. The fourth-order valence-corrected chi connectivity index (χ4v) is 3.10. The molecule has 6 heteroatoms. The van der Waals surface area contributed by atoms with Gasteiger partial charge >= 0.3 is 0 Å². The maximum atomic E-state index is 10.0. The Labute approximate surface area is 124 Å². The van der Waals surface area contributed by atoms with Crippen LogP contribution in [-0.2, 0) is 6.42 Å². The predicted octanol–water partition coefficient (Wildman–Crippen LogP) is 1.38. The normalized spacial score (nSPS) is 17.7. The fraction of sp³-hybridized carbons (Fsp3) is 0.714. The topological polar surface area (TPSA) is 69.5 Å². The van der Waals surface area contributed by atoms with E-state index in [0.29, 0.717) is 6.54 Å². The van der Waals surface area contributed by atoms with Gasteiger partial charge in [0, 0.05) is 31.4 Å². The summed E-state index contributed by atoms with van der Waals surface area (Å²) in [5, 5.41) is 17.6. The first kappa shape index (κ1) is 15.3. The van der Waals surface area contributed by atoms with Gasteiger partial charge in [0.2, 0.25) is 0 Å². The molecule has 112 valence electrons. The van der Waals surface area contributed by atoms with Crippen LogP contribution < -0.4 is 10.6 Å². The van der Waals surface area contributed by atoms with E-state index in [-0.39, 0.29) is 0 Å². The summed E-state index contributed by atoms with van der Waals surface area (Å²) in [6.45, 7) is 5.51. The van der Waals surface area contributed by atoms with Crippen LogP contribution in [0, 0.1) is 13.8 Å². The molecule has 0 saturated heterocycles. The van der Waals surface area contributed by atoms with Crippen molar-refractivity contribution < 1.29 is 5.11 Å². The molecule has 0 atom stereocenters. The summed E-state index contributed by atoms with van der Waals surface area (Å²) in [6, 6.07) is 0. The second kappa shape index (κ2) is 6.54. The van der Waals surface area contributed by atoms with Crippen LogP contribution in [0.2, 0.25) is 0 Å². The molecule has 0 aromatic carbocycles. The molecule has 1 heterocycles. The smallest absolute Gasteiger partial charge is 0.191 e. The zero-order valence-corrected chi connectivity index (χ0v) is 13.3. The van der Waals surface area contributed by atoms with E-state index >= 15 is 0 Å². The third kappa shape index (κ3) is 3.93. The Hall–Kier alpha value is -1.14. The maximum absolute atomic E-state index is 10.0. The molecule has 1 fully saturated rings. The van der Waals surface area contributed by atoms with Crippen molar-refractivity contribution in [2.45, 2.75) is 45.1 Å². The Bertz CT molecular complexity index is 460. The Balaban J connectivity index is 1.71. The molecule has 0 bridgehead atoms. The van der Waals surface area contributed by atoms with E-state index in [4.69, 9.17) is 0 Å². The Kier molecular flexibility index (Phi) is 4.99. The van der Waals surface area contributed by atoms with Gasteiger partial charge in [-0.15, -0.1) is 11.3 Å². The van der Waals surface area contributed by atoms with Crippen molar-refractivity contribution in [3.05, 3.63) is 15.6 Å². The number of hydrogen-bond acceptors (Lipinski definition) is 4. The highest BCUT2D eigenvalue weighted by Gasteiger charge is 2.34. The average Bonchev–Trinajstić information content (AvgIpc) is 2.70. The predicted molar refractivity (Wildman–Crippen MR) is 83.5 cm³/mol. The number of aliphatic hydroxyl groups is 1. The van der Waals surface area contributed by atoms with Crippen LogP contribution in [0.15, 0.2) is 4.99 Å². The van der Waals surface area contributed by atoms with E-state index in [1.54, 1.807) is 18.4 Å². The van der Waals surface area contributed by atoms with Gasteiger partial charge in [-0.1, -0.05) is 0 Å². The number of nitrogens with one attached hydrogen (secondary N) is 2. The second-order valence-electron chi connectivity index (χ2n) is 5.43. The highest BCUT2D eigenvalue weighted by atomic mass is 32.1. The van der Waals surface area contributed by atoms with E-state index in [1.807, 2.05) is 6.92 Å². The number of aliphatic imine (C=N–C) groups is 1. The van der Waals surface area contributed by atoms with Crippen molar-refractivity contribution in [1.29, 1.82) is 0 Å². The van der Waals surface area contributed by atoms with Crippen molar-refractivity contribution in [2.75, 3.05) is 20.1 Å². The summed E-state index contributed by atoms with van der Waals surface area (Å²) in [6.07, 6.45) is 3.78. The highest BCUT2D eigenvalue weighted by Crippen LogP contribution is 2.30. The molecule has 20 heavy (non-hydrogen) atoms. The number of guanidine groups is 1. The lowest BCUT2D eigenvalue weighted by Gasteiger charge is -2.36. The number of aromatic nitrogens is 1. The van der Waals surface area contributed by atoms with E-state index < -0.39 is 5.60 Å². The minimum Gasteiger partial charge on any atom is -0.388 e. The quantitative estimate of drug-likeness (QED) is 0.567. The summed E-state index contributed by atoms with van der Waals surface area (Å²) in [4.78, 5) is 9.98. The van der Waals surface area contributed by atoms with Crippen LogP contribution >= 0.6 is 11.3 Å². The second-order valence-corrected chi connectivity index (χ2v) is 6.72. The summed E-state index contributed by atoms with van der Waals surface area (Å²) in [5.41, 5.74) is 0.598. The monoisotopic (exact) mass is 296 g/mol. The van der Waals surface area contributed by atoms with E-state index in [2.05, 4.69) is 27.5 Å². The molecule has 0 amide bonds. The van der Waals surface area contributed by atoms with Crippen LogP contribution in [0.1, 0.15) is 34.8 Å². The molecule has 2 rings (SSSR count). The molecular formula is C14H24N4OS. The van der Waals surface area contributed by atoms with E-state index in [9.17, 15) is 5.11 Å². The van der Waals surface area contributed by atoms with Gasteiger partial charge in [-0.25, -0.2) is 4.98 Å². The third-order valence-electron chi connectivity index (χ3n) is 3.80. The number of thiazole rings is 1. The minimum atomic E-state index is -0.527. The minimum absolute atomic E-state index is 0.527. The van der Waals surface area contributed by atoms with Gasteiger partial charge in [-0.05, 0) is 33.1 Å². The largest absolute Gasteiger partial charge is 0.388 e. The van der Waals surface area contributed by atoms with E-state index in [1.165, 1.54) is 4.88 Å². The summed E-state index contributed by atoms with van der Waals surface area (Å²) < 4.78 is 0. The first-order valence-electron chi connectivity index (χ1n) is 7.12. The average molecular weight is 296 g/mol. The molecule has 0 spiro atoms. The lowest BCUT2D eigenvalue weighted by Crippen LogP contribution is -2.50. The van der Waals surface area contributed by atoms with Gasteiger partial charge in [-0.2, -0.15) is 0 Å². The van der Waals surface area contributed by atoms with Gasteiger partial charge < -0.3 is 15.7 Å². The van der Waals surface area contributed by atoms with Crippen molar-refractivity contribution in [2.24, 2.45) is 4.99 Å². The molecule has 1 aromatic rings. The maximum Gasteiger partial charge on any atom is 0.191 e. The summed E-state index contributed by atoms with van der Waals surface area (Å²) in [7, 11) is 1.75. The first-order valence-corrected chi connectivity index (χ1v) is 7.94. The molecular weight excluding hydrogens is 272 g/mol. The van der Waals surface area contributed by atoms with Crippen molar-refractivity contribution >= 4 is 17.3 Å². The molecule has 0 radical (unpaired) electrons. The molecule has 0 unspecified atom stereocenters. The molecule has 5 nitrogen and oxygen atoms in total. The molecule has 1 aromatic heterocycles. The van der Waals surface area contributed by atoms with Crippen LogP contribution in [0.5, 0.6) is 0 Å². The third-order valence-corrected chi connectivity index (χ3v) is 4.93. The standard InChI is InChI=1S/C14H24N4OS/c1-10-11(2)20-12(18-10)5-8-16-13(15-3)17-9-14(19)6-4-7-14/h19H,4-9H2,1-3H3,(H2,15,16,17). The van der Waals surface area contributed by atoms with Crippen LogP contribution in [0.3, 0.4) is 0 Å². The molecule has 1 aliphatic carbocycles.